The van der Waals surface area contributed by atoms with Gasteiger partial charge in [-0.25, -0.2) is 0 Å². The van der Waals surface area contributed by atoms with Gasteiger partial charge in [-0.1, -0.05) is 81.1 Å². The lowest BCUT2D eigenvalue weighted by atomic mass is 9.45. The second-order valence-electron chi connectivity index (χ2n) is 18.7. The van der Waals surface area contributed by atoms with Crippen LogP contribution in [-0.2, 0) is 19.2 Å². The van der Waals surface area contributed by atoms with Crippen molar-refractivity contribution >= 4 is 36.8 Å². The van der Waals surface area contributed by atoms with Crippen LogP contribution >= 0.6 is 11.8 Å². The molecule has 320 valence electrons. The quantitative estimate of drug-likeness (QED) is 0.0408. The standard InChI is InChI=1S/C23H40.C13H21N5O4S.C8H15N.CH4/c1-4-5-8-17-11-13-20-19-12-10-18-9-6-7-15-22(18,2)21(19)14-16-23(17,20)3;1-8-5-23-13(9(4-19)15-6-20)18(2)11(8)12(22)17-10(3-14)16-7-21;1-5-9-7-6-8(2,3)4;/h17-21H,4-16H2,1-3H3;4,6-7,9-10,13H,3,5,14H2,1-2H3,(H,15,20)(H,16,21)(H,17,22);1,9H,6-7H2,2-4H3;1H4. The SMILES string of the molecule is C.C#CNCCC(C)(C)C.CC1=C(C(=O)NC(CN)NC=O)N(C)C(C(C=O)NC=O)SC1.CCCCC1CCC2C3CCC4CCCCC4(C)C3CCC12C. The molecule has 10 unspecified atom stereocenters. The average molecular weight is 801 g/mol. The van der Waals surface area contributed by atoms with Crippen LogP contribution in [-0.4, -0.2) is 73.4 Å². The van der Waals surface area contributed by atoms with E-state index < -0.39 is 23.5 Å². The number of nitrogens with zero attached hydrogens (tertiary/aromatic N) is 1. The Balaban J connectivity index is 0.000000314. The molecule has 1 heterocycles. The number of carbonyl (C=O) groups is 4. The Bertz CT molecular complexity index is 1330. The third kappa shape index (κ3) is 12.4. The second-order valence-corrected chi connectivity index (χ2v) is 19.8. The van der Waals surface area contributed by atoms with E-state index in [2.05, 4.69) is 68.9 Å². The molecule has 56 heavy (non-hydrogen) atoms. The summed E-state index contributed by atoms with van der Waals surface area (Å²) in [7, 11) is 1.67. The number of amides is 3. The van der Waals surface area contributed by atoms with Gasteiger partial charge in [0.2, 0.25) is 12.8 Å². The van der Waals surface area contributed by atoms with Crippen LogP contribution < -0.4 is 27.0 Å². The highest BCUT2D eigenvalue weighted by Crippen LogP contribution is 2.67. The molecule has 4 saturated carbocycles. The highest BCUT2D eigenvalue weighted by molar-refractivity contribution is 8.00. The molecule has 5 rings (SSSR count). The first-order valence-electron chi connectivity index (χ1n) is 21.2. The molecule has 10 nitrogen and oxygen atoms in total. The lowest BCUT2D eigenvalue weighted by Gasteiger charge is -2.60. The maximum Gasteiger partial charge on any atom is 0.269 e. The maximum atomic E-state index is 12.5. The van der Waals surface area contributed by atoms with Crippen LogP contribution in [0.1, 0.15) is 146 Å². The number of nitrogens with two attached hydrogens (primary N) is 1. The molecule has 4 aliphatic carbocycles. The first kappa shape index (κ1) is 49.4. The summed E-state index contributed by atoms with van der Waals surface area (Å²) in [5.74, 6) is 5.55. The number of hydrogen-bond acceptors (Lipinski definition) is 8. The lowest BCUT2D eigenvalue weighted by molar-refractivity contribution is -0.120. The summed E-state index contributed by atoms with van der Waals surface area (Å²) in [4.78, 5) is 46.4. The van der Waals surface area contributed by atoms with E-state index >= 15 is 0 Å². The number of terminal acetylenes is 1. The molecule has 1 aliphatic heterocycles. The van der Waals surface area contributed by atoms with Crippen molar-refractivity contribution < 1.29 is 19.2 Å². The van der Waals surface area contributed by atoms with Crippen molar-refractivity contribution in [1.29, 1.82) is 0 Å². The van der Waals surface area contributed by atoms with Crippen LogP contribution in [0.25, 0.3) is 0 Å². The molecule has 0 aromatic heterocycles. The number of rotatable bonds is 14. The van der Waals surface area contributed by atoms with Crippen molar-refractivity contribution in [3.05, 3.63) is 11.3 Å². The molecule has 3 amide bonds. The first-order valence-corrected chi connectivity index (χ1v) is 22.3. The summed E-state index contributed by atoms with van der Waals surface area (Å²) >= 11 is 1.45. The van der Waals surface area contributed by atoms with Crippen LogP contribution in [0.3, 0.4) is 0 Å². The second kappa shape index (κ2) is 23.0. The third-order valence-electron chi connectivity index (χ3n) is 14.1. The molecule has 0 bridgehead atoms. The van der Waals surface area contributed by atoms with Crippen LogP contribution in [0.4, 0.5) is 0 Å². The molecule has 11 heteroatoms. The number of likely N-dealkylation sites (N-methyl/N-ethyl adjacent to an activating group) is 1. The number of hydrogen-bond donors (Lipinski definition) is 5. The molecule has 0 radical (unpaired) electrons. The molecule has 0 spiro atoms. The molecule has 0 aromatic carbocycles. The fourth-order valence-electron chi connectivity index (χ4n) is 11.1. The molecule has 4 fully saturated rings. The van der Waals surface area contributed by atoms with Crippen molar-refractivity contribution in [3.8, 4) is 12.5 Å². The lowest BCUT2D eigenvalue weighted by Crippen LogP contribution is -2.55. The van der Waals surface area contributed by atoms with Crippen LogP contribution in [0.5, 0.6) is 0 Å². The van der Waals surface area contributed by atoms with E-state index in [9.17, 15) is 19.2 Å². The number of fused-ring (bicyclic) bond motifs is 5. The summed E-state index contributed by atoms with van der Waals surface area (Å²) in [5.41, 5.74) is 8.52. The summed E-state index contributed by atoms with van der Waals surface area (Å²) in [6.07, 6.45) is 27.0. The average Bonchev–Trinajstić information content (AvgIpc) is 3.49. The van der Waals surface area contributed by atoms with Crippen LogP contribution in [0.2, 0.25) is 0 Å². The molecular formula is C45H80N6O4S. The van der Waals surface area contributed by atoms with E-state index in [1.54, 1.807) is 63.3 Å². The largest absolute Gasteiger partial charge is 0.356 e. The Morgan fingerprint density at radius 1 is 1.02 bits per heavy atom. The van der Waals surface area contributed by atoms with Crippen LogP contribution in [0.15, 0.2) is 11.3 Å². The highest BCUT2D eigenvalue weighted by atomic mass is 32.2. The zero-order valence-corrected chi connectivity index (χ0v) is 36.3. The van der Waals surface area contributed by atoms with Gasteiger partial charge in [0.05, 0.1) is 0 Å². The fraction of sp³-hybridized carbons (Fsp3) is 0.822. The number of aldehydes is 1. The third-order valence-corrected chi connectivity index (χ3v) is 15.7. The minimum Gasteiger partial charge on any atom is -0.356 e. The topological polar surface area (TPSA) is 146 Å². The van der Waals surface area contributed by atoms with E-state index in [-0.39, 0.29) is 14.0 Å². The van der Waals surface area contributed by atoms with Crippen molar-refractivity contribution in [2.75, 3.05) is 25.9 Å². The van der Waals surface area contributed by atoms with Gasteiger partial charge in [-0.05, 0) is 123 Å². The number of thioether (sulfide) groups is 1. The zero-order chi connectivity index (χ0) is 40.8. The smallest absolute Gasteiger partial charge is 0.269 e. The van der Waals surface area contributed by atoms with Crippen molar-refractivity contribution in [2.24, 2.45) is 51.6 Å². The van der Waals surface area contributed by atoms with Crippen molar-refractivity contribution in [3.63, 3.8) is 0 Å². The first-order chi connectivity index (χ1) is 26.1. The molecular weight excluding hydrogens is 721 g/mol. The zero-order valence-electron chi connectivity index (χ0n) is 35.5. The van der Waals surface area contributed by atoms with E-state index in [0.29, 0.717) is 41.4 Å². The van der Waals surface area contributed by atoms with E-state index in [0.717, 1.165) is 53.5 Å². The van der Waals surface area contributed by atoms with Gasteiger partial charge in [-0.3, -0.25) is 14.4 Å². The van der Waals surface area contributed by atoms with Crippen LogP contribution in [0, 0.1) is 58.3 Å². The Morgan fingerprint density at radius 2 is 1.71 bits per heavy atom. The Kier molecular flexibility index (Phi) is 20.3. The minimum absolute atomic E-state index is 0. The molecule has 10 atom stereocenters. The molecule has 0 aromatic rings. The van der Waals surface area contributed by atoms with Gasteiger partial charge in [0, 0.05) is 31.9 Å². The Morgan fingerprint density at radius 3 is 2.32 bits per heavy atom. The van der Waals surface area contributed by atoms with E-state index in [4.69, 9.17) is 12.2 Å². The summed E-state index contributed by atoms with van der Waals surface area (Å²) < 4.78 is 0. The number of unbranched alkanes of at least 4 members (excludes halogenated alkanes) is 1. The highest BCUT2D eigenvalue weighted by Gasteiger charge is 2.59. The van der Waals surface area contributed by atoms with E-state index in [1.165, 1.54) is 43.9 Å². The summed E-state index contributed by atoms with van der Waals surface area (Å²) in [5, 5.41) is 9.88. The van der Waals surface area contributed by atoms with Gasteiger partial charge < -0.3 is 36.7 Å². The van der Waals surface area contributed by atoms with Gasteiger partial charge in [-0.2, -0.15) is 0 Å². The maximum absolute atomic E-state index is 12.5. The fourth-order valence-corrected chi connectivity index (χ4v) is 12.3. The van der Waals surface area contributed by atoms with Gasteiger partial charge >= 0.3 is 0 Å². The van der Waals surface area contributed by atoms with E-state index in [1.807, 2.05) is 6.92 Å². The van der Waals surface area contributed by atoms with Crippen molar-refractivity contribution in [2.45, 2.75) is 163 Å². The predicted octanol–water partition coefficient (Wildman–Crippen LogP) is 7.19. The Labute approximate surface area is 345 Å². The Hall–Kier alpha value is -2.71. The monoisotopic (exact) mass is 801 g/mol. The molecule has 6 N–H and O–H groups in total. The molecule has 5 aliphatic rings. The normalized spacial score (nSPS) is 31.6. The number of carbonyl (C=O) groups excluding carboxylic acids is 4. The summed E-state index contributed by atoms with van der Waals surface area (Å²) in [6, 6.07) is 1.65. The van der Waals surface area contributed by atoms with Gasteiger partial charge in [0.25, 0.3) is 5.91 Å². The van der Waals surface area contributed by atoms with Crippen molar-refractivity contribution in [1.82, 2.24) is 26.2 Å². The van der Waals surface area contributed by atoms with Gasteiger partial charge in [-0.15, -0.1) is 11.8 Å². The predicted molar refractivity (Wildman–Crippen MR) is 233 cm³/mol. The van der Waals surface area contributed by atoms with Gasteiger partial charge in [0.1, 0.15) is 29.6 Å². The number of nitrogens with one attached hydrogen (secondary N) is 4. The summed E-state index contributed by atoms with van der Waals surface area (Å²) in [6.45, 7) is 17.2. The molecule has 0 saturated heterocycles. The van der Waals surface area contributed by atoms with Gasteiger partial charge in [0.15, 0.2) is 0 Å². The minimum atomic E-state index is -0.739.